The molecule has 2 aliphatic heterocycles. The Kier molecular flexibility index (Phi) is 3.65. The van der Waals surface area contributed by atoms with E-state index in [4.69, 9.17) is 0 Å². The lowest BCUT2D eigenvalue weighted by atomic mass is 10.2. The second kappa shape index (κ2) is 5.30. The molecule has 0 aliphatic carbocycles. The quantitative estimate of drug-likeness (QED) is 0.751. The van der Waals surface area contributed by atoms with Gasteiger partial charge in [-0.3, -0.25) is 0 Å². The zero-order valence-corrected chi connectivity index (χ0v) is 13.4. The number of thioether (sulfide) groups is 1. The van der Waals surface area contributed by atoms with Crippen LogP contribution < -0.4 is 0 Å². The Morgan fingerprint density at radius 1 is 1.20 bits per heavy atom. The lowest BCUT2D eigenvalue weighted by Crippen LogP contribution is -2.48. The van der Waals surface area contributed by atoms with Crippen LogP contribution in [0.2, 0.25) is 0 Å². The topological polar surface area (TPSA) is 3.24 Å². The van der Waals surface area contributed by atoms with Crippen molar-refractivity contribution >= 4 is 11.8 Å². The van der Waals surface area contributed by atoms with Crippen LogP contribution in [0.25, 0.3) is 0 Å². The first-order valence-electron chi connectivity index (χ1n) is 7.44. The van der Waals surface area contributed by atoms with Crippen molar-refractivity contribution in [1.29, 1.82) is 0 Å². The average Bonchev–Trinajstić information content (AvgIpc) is 2.94. The van der Waals surface area contributed by atoms with Gasteiger partial charge in [0.1, 0.15) is 11.9 Å². The van der Waals surface area contributed by atoms with Gasteiger partial charge in [-0.2, -0.15) is 0 Å². The Morgan fingerprint density at radius 3 is 2.60 bits per heavy atom. The number of nitrogens with zero attached hydrogens (tertiary/aromatic N) is 2. The zero-order valence-electron chi connectivity index (χ0n) is 12.5. The van der Waals surface area contributed by atoms with Crippen LogP contribution in [-0.2, 0) is 6.54 Å². The molecule has 3 heteroatoms. The van der Waals surface area contributed by atoms with Crippen LogP contribution in [0.3, 0.4) is 0 Å². The van der Waals surface area contributed by atoms with E-state index >= 15 is 0 Å². The highest BCUT2D eigenvalue weighted by atomic mass is 32.2. The van der Waals surface area contributed by atoms with Crippen molar-refractivity contribution in [1.82, 2.24) is 4.90 Å². The first kappa shape index (κ1) is 13.8. The standard InChI is InChI=1S/C17H23N2S/c1-4-16-14(3)20-17-18(11-12-19(16,17)5-2)13-15-9-7-6-8-10-15/h6-12,17H,4-5,13H2,1-3H3/q+1. The first-order chi connectivity index (χ1) is 9.71. The molecule has 20 heavy (non-hydrogen) atoms. The molecule has 0 bridgehead atoms. The van der Waals surface area contributed by atoms with Crippen LogP contribution in [0.4, 0.5) is 0 Å². The monoisotopic (exact) mass is 287 g/mol. The predicted molar refractivity (Wildman–Crippen MR) is 86.3 cm³/mol. The van der Waals surface area contributed by atoms with Crippen molar-refractivity contribution in [3.63, 3.8) is 0 Å². The van der Waals surface area contributed by atoms with Crippen molar-refractivity contribution in [3.05, 3.63) is 58.9 Å². The molecule has 106 valence electrons. The number of rotatable bonds is 4. The Balaban J connectivity index is 1.85. The number of fused-ring (bicyclic) bond motifs is 1. The molecule has 0 radical (unpaired) electrons. The van der Waals surface area contributed by atoms with Gasteiger partial charge in [0, 0.05) is 17.9 Å². The molecule has 2 heterocycles. The third kappa shape index (κ3) is 2.00. The Labute approximate surface area is 126 Å². The maximum Gasteiger partial charge on any atom is 0.226 e. The lowest BCUT2D eigenvalue weighted by Gasteiger charge is -2.35. The van der Waals surface area contributed by atoms with Gasteiger partial charge in [-0.05, 0) is 31.2 Å². The molecular formula is C17H23N2S+. The molecule has 1 aromatic carbocycles. The minimum Gasteiger partial charge on any atom is -0.310 e. The summed E-state index contributed by atoms with van der Waals surface area (Å²) in [6, 6.07) is 10.8. The highest BCUT2D eigenvalue weighted by Gasteiger charge is 2.51. The van der Waals surface area contributed by atoms with Crippen molar-refractivity contribution in [2.24, 2.45) is 0 Å². The number of benzene rings is 1. The van der Waals surface area contributed by atoms with Gasteiger partial charge in [0.25, 0.3) is 0 Å². The van der Waals surface area contributed by atoms with Crippen LogP contribution in [0, 0.1) is 0 Å². The first-order valence-corrected chi connectivity index (χ1v) is 8.32. The fraction of sp³-hybridized carbons (Fsp3) is 0.412. The molecule has 0 fully saturated rings. The SMILES string of the molecule is CCC1=C(C)SC2N(Cc3ccccc3)C=C[N+]12CC. The third-order valence-corrected chi connectivity index (χ3v) is 5.91. The van der Waals surface area contributed by atoms with Gasteiger partial charge in [-0.15, -0.1) is 0 Å². The Bertz CT molecular complexity index is 549. The molecule has 1 aromatic rings. The van der Waals surface area contributed by atoms with Crippen molar-refractivity contribution < 1.29 is 4.48 Å². The largest absolute Gasteiger partial charge is 0.310 e. The van der Waals surface area contributed by atoms with Crippen LogP contribution in [0.15, 0.2) is 53.3 Å². The summed E-state index contributed by atoms with van der Waals surface area (Å²) in [5, 5.41) is 0. The summed E-state index contributed by atoms with van der Waals surface area (Å²) in [6.07, 6.45) is 5.85. The number of quaternary nitrogens is 1. The van der Waals surface area contributed by atoms with E-state index in [1.54, 1.807) is 5.70 Å². The summed E-state index contributed by atoms with van der Waals surface area (Å²) in [5.74, 6) is 0. The van der Waals surface area contributed by atoms with Gasteiger partial charge in [-0.25, -0.2) is 4.48 Å². The molecule has 2 aliphatic rings. The summed E-state index contributed by atoms with van der Waals surface area (Å²) < 4.78 is 1.03. The molecule has 2 unspecified atom stereocenters. The summed E-state index contributed by atoms with van der Waals surface area (Å²) in [4.78, 5) is 4.01. The van der Waals surface area contributed by atoms with Crippen LogP contribution in [0.5, 0.6) is 0 Å². The maximum absolute atomic E-state index is 2.50. The number of allylic oxidation sites excluding steroid dienone is 2. The third-order valence-electron chi connectivity index (χ3n) is 4.46. The molecule has 0 spiro atoms. The minimum atomic E-state index is 0.496. The molecule has 0 aromatic heterocycles. The summed E-state index contributed by atoms with van der Waals surface area (Å²) >= 11 is 2.03. The molecular weight excluding hydrogens is 264 g/mol. The molecule has 0 N–H and O–H groups in total. The second-order valence-electron chi connectivity index (χ2n) is 5.50. The highest BCUT2D eigenvalue weighted by molar-refractivity contribution is 8.03. The minimum absolute atomic E-state index is 0.496. The van der Waals surface area contributed by atoms with Gasteiger partial charge in [0.05, 0.1) is 12.7 Å². The number of hydrogen-bond donors (Lipinski definition) is 0. The van der Waals surface area contributed by atoms with E-state index in [1.165, 1.54) is 10.5 Å². The summed E-state index contributed by atoms with van der Waals surface area (Å²) in [7, 11) is 0. The molecule has 0 amide bonds. The van der Waals surface area contributed by atoms with Crippen LogP contribution in [-0.4, -0.2) is 21.4 Å². The lowest BCUT2D eigenvalue weighted by molar-refractivity contribution is -0.851. The normalized spacial score (nSPS) is 28.4. The molecule has 3 rings (SSSR count). The predicted octanol–water partition coefficient (Wildman–Crippen LogP) is 4.48. The van der Waals surface area contributed by atoms with Crippen molar-refractivity contribution in [2.75, 3.05) is 6.54 Å². The van der Waals surface area contributed by atoms with E-state index in [9.17, 15) is 0 Å². The summed E-state index contributed by atoms with van der Waals surface area (Å²) in [5.41, 5.74) is 3.47. The fourth-order valence-electron chi connectivity index (χ4n) is 3.44. The zero-order chi connectivity index (χ0) is 14.2. The van der Waals surface area contributed by atoms with Crippen LogP contribution >= 0.6 is 11.8 Å². The van der Waals surface area contributed by atoms with Gasteiger partial charge < -0.3 is 4.90 Å². The highest BCUT2D eigenvalue weighted by Crippen LogP contribution is 2.50. The van der Waals surface area contributed by atoms with Gasteiger partial charge in [0.15, 0.2) is 0 Å². The Morgan fingerprint density at radius 2 is 1.95 bits per heavy atom. The summed E-state index contributed by atoms with van der Waals surface area (Å²) in [6.45, 7) is 9.01. The maximum atomic E-state index is 2.50. The number of hydrogen-bond acceptors (Lipinski definition) is 2. The van der Waals surface area contributed by atoms with E-state index in [0.717, 1.165) is 24.0 Å². The van der Waals surface area contributed by atoms with Crippen LogP contribution in [0.1, 0.15) is 32.8 Å². The fourth-order valence-corrected chi connectivity index (χ4v) is 5.02. The molecule has 0 saturated heterocycles. The van der Waals surface area contributed by atoms with E-state index < -0.39 is 0 Å². The van der Waals surface area contributed by atoms with E-state index in [1.807, 2.05) is 11.8 Å². The van der Waals surface area contributed by atoms with Gasteiger partial charge >= 0.3 is 0 Å². The average molecular weight is 287 g/mol. The molecule has 2 nitrogen and oxygen atoms in total. The molecule has 2 atom stereocenters. The second-order valence-corrected chi connectivity index (χ2v) is 6.77. The van der Waals surface area contributed by atoms with Gasteiger partial charge in [0.2, 0.25) is 5.50 Å². The van der Waals surface area contributed by atoms with Crippen molar-refractivity contribution in [3.8, 4) is 0 Å². The van der Waals surface area contributed by atoms with E-state index in [-0.39, 0.29) is 0 Å². The van der Waals surface area contributed by atoms with Crippen molar-refractivity contribution in [2.45, 2.75) is 39.2 Å². The van der Waals surface area contributed by atoms with Gasteiger partial charge in [-0.1, -0.05) is 37.3 Å². The van der Waals surface area contributed by atoms with E-state index in [0.29, 0.717) is 5.50 Å². The Hall–Kier alpha value is -1.19. The smallest absolute Gasteiger partial charge is 0.226 e. The molecule has 0 saturated carbocycles. The van der Waals surface area contributed by atoms with E-state index in [2.05, 4.69) is 68.4 Å².